The lowest BCUT2D eigenvalue weighted by atomic mass is 10.1. The third kappa shape index (κ3) is 4.79. The van der Waals surface area contributed by atoms with E-state index in [-0.39, 0.29) is 11.7 Å². The van der Waals surface area contributed by atoms with Crippen LogP contribution in [-0.4, -0.2) is 31.8 Å². The van der Waals surface area contributed by atoms with Crippen molar-refractivity contribution in [2.75, 3.05) is 20.8 Å². The van der Waals surface area contributed by atoms with E-state index in [4.69, 9.17) is 9.47 Å². The summed E-state index contributed by atoms with van der Waals surface area (Å²) in [4.78, 5) is 10.4. The molecule has 1 aromatic rings. The molecule has 1 aromatic carbocycles. The fourth-order valence-corrected chi connectivity index (χ4v) is 2.06. The molecule has 6 heteroatoms. The van der Waals surface area contributed by atoms with Crippen molar-refractivity contribution in [2.45, 2.75) is 32.4 Å². The quantitative estimate of drug-likeness (QED) is 0.556. The highest BCUT2D eigenvalue weighted by atomic mass is 16.6. The summed E-state index contributed by atoms with van der Waals surface area (Å²) in [7, 11) is 3.22. The molecular formula is C14H22N2O4. The Kier molecular flexibility index (Phi) is 6.97. The summed E-state index contributed by atoms with van der Waals surface area (Å²) in [6.07, 6.45) is 2.04. The van der Waals surface area contributed by atoms with Gasteiger partial charge in [-0.1, -0.05) is 13.3 Å². The second-order valence-electron chi connectivity index (χ2n) is 4.58. The van der Waals surface area contributed by atoms with Crippen LogP contribution in [0.3, 0.4) is 0 Å². The topological polar surface area (TPSA) is 73.6 Å². The number of hydrogen-bond acceptors (Lipinski definition) is 5. The van der Waals surface area contributed by atoms with Crippen molar-refractivity contribution < 1.29 is 14.4 Å². The van der Waals surface area contributed by atoms with Gasteiger partial charge in [-0.3, -0.25) is 10.1 Å². The lowest BCUT2D eigenvalue weighted by molar-refractivity contribution is -0.384. The molecule has 0 amide bonds. The van der Waals surface area contributed by atoms with Gasteiger partial charge in [-0.05, 0) is 12.5 Å². The molecule has 0 radical (unpaired) electrons. The minimum atomic E-state index is -0.401. The lowest BCUT2D eigenvalue weighted by Crippen LogP contribution is -2.32. The van der Waals surface area contributed by atoms with Crippen LogP contribution in [-0.2, 0) is 11.3 Å². The first kappa shape index (κ1) is 16.4. The van der Waals surface area contributed by atoms with Crippen molar-refractivity contribution in [1.82, 2.24) is 5.32 Å². The molecule has 6 nitrogen and oxygen atoms in total. The van der Waals surface area contributed by atoms with E-state index < -0.39 is 4.92 Å². The molecule has 0 fully saturated rings. The third-order valence-electron chi connectivity index (χ3n) is 3.06. The lowest BCUT2D eigenvalue weighted by Gasteiger charge is -2.18. The van der Waals surface area contributed by atoms with Crippen LogP contribution in [0, 0.1) is 10.1 Å². The SMILES string of the molecule is CCCC(COC)NCc1cc([N+](=O)[O-])ccc1OC. The molecule has 0 aliphatic carbocycles. The summed E-state index contributed by atoms with van der Waals surface area (Å²) >= 11 is 0. The first-order valence-electron chi connectivity index (χ1n) is 6.66. The summed E-state index contributed by atoms with van der Waals surface area (Å²) in [5.74, 6) is 0.649. The first-order valence-corrected chi connectivity index (χ1v) is 6.66. The molecule has 112 valence electrons. The van der Waals surface area contributed by atoms with Crippen LogP contribution in [0.25, 0.3) is 0 Å². The van der Waals surface area contributed by atoms with E-state index >= 15 is 0 Å². The molecule has 0 saturated heterocycles. The maximum atomic E-state index is 10.8. The number of nitrogens with zero attached hydrogens (tertiary/aromatic N) is 1. The predicted molar refractivity (Wildman–Crippen MR) is 77.1 cm³/mol. The second-order valence-corrected chi connectivity index (χ2v) is 4.58. The van der Waals surface area contributed by atoms with Gasteiger partial charge in [-0.25, -0.2) is 0 Å². The van der Waals surface area contributed by atoms with Crippen molar-refractivity contribution in [3.05, 3.63) is 33.9 Å². The summed E-state index contributed by atoms with van der Waals surface area (Å²) in [5, 5.41) is 14.2. The summed E-state index contributed by atoms with van der Waals surface area (Å²) in [6.45, 7) is 3.24. The number of nitrogens with one attached hydrogen (secondary N) is 1. The Morgan fingerprint density at radius 1 is 1.40 bits per heavy atom. The zero-order chi connectivity index (χ0) is 15.0. The minimum Gasteiger partial charge on any atom is -0.496 e. The number of nitro benzene ring substituents is 1. The van der Waals surface area contributed by atoms with Gasteiger partial charge in [-0.2, -0.15) is 0 Å². The van der Waals surface area contributed by atoms with Gasteiger partial charge >= 0.3 is 0 Å². The largest absolute Gasteiger partial charge is 0.496 e. The molecule has 0 aliphatic rings. The maximum Gasteiger partial charge on any atom is 0.270 e. The van der Waals surface area contributed by atoms with Gasteiger partial charge in [-0.15, -0.1) is 0 Å². The number of ether oxygens (including phenoxy) is 2. The average Bonchev–Trinajstić information content (AvgIpc) is 2.44. The van der Waals surface area contributed by atoms with Crippen LogP contribution < -0.4 is 10.1 Å². The molecule has 0 aliphatic heterocycles. The molecule has 1 N–H and O–H groups in total. The van der Waals surface area contributed by atoms with Gasteiger partial charge in [0.1, 0.15) is 5.75 Å². The fourth-order valence-electron chi connectivity index (χ4n) is 2.06. The first-order chi connectivity index (χ1) is 9.62. The van der Waals surface area contributed by atoms with E-state index in [1.807, 2.05) is 0 Å². The number of benzene rings is 1. The maximum absolute atomic E-state index is 10.8. The van der Waals surface area contributed by atoms with E-state index in [1.54, 1.807) is 26.4 Å². The number of hydrogen-bond donors (Lipinski definition) is 1. The van der Waals surface area contributed by atoms with Crippen molar-refractivity contribution in [2.24, 2.45) is 0 Å². The van der Waals surface area contributed by atoms with Crippen LogP contribution in [0.1, 0.15) is 25.3 Å². The Morgan fingerprint density at radius 2 is 2.15 bits per heavy atom. The molecule has 1 atom stereocenters. The number of non-ortho nitro benzene ring substituents is 1. The number of methoxy groups -OCH3 is 2. The van der Waals surface area contributed by atoms with E-state index in [9.17, 15) is 10.1 Å². The third-order valence-corrected chi connectivity index (χ3v) is 3.06. The Balaban J connectivity index is 2.78. The van der Waals surface area contributed by atoms with Gasteiger partial charge in [0.2, 0.25) is 0 Å². The highest BCUT2D eigenvalue weighted by Gasteiger charge is 2.13. The van der Waals surface area contributed by atoms with Crippen LogP contribution in [0.4, 0.5) is 5.69 Å². The zero-order valence-corrected chi connectivity index (χ0v) is 12.2. The van der Waals surface area contributed by atoms with E-state index in [0.29, 0.717) is 18.9 Å². The molecule has 1 rings (SSSR count). The Bertz CT molecular complexity index is 431. The smallest absolute Gasteiger partial charge is 0.270 e. The van der Waals surface area contributed by atoms with Crippen LogP contribution >= 0.6 is 0 Å². The Labute approximate surface area is 119 Å². The van der Waals surface area contributed by atoms with E-state index in [1.165, 1.54) is 6.07 Å². The van der Waals surface area contributed by atoms with E-state index in [2.05, 4.69) is 12.2 Å². The molecular weight excluding hydrogens is 260 g/mol. The molecule has 0 heterocycles. The molecule has 0 spiro atoms. The van der Waals surface area contributed by atoms with Crippen molar-refractivity contribution in [1.29, 1.82) is 0 Å². The predicted octanol–water partition coefficient (Wildman–Crippen LogP) is 2.51. The molecule has 1 unspecified atom stereocenters. The highest BCUT2D eigenvalue weighted by molar-refractivity contribution is 5.43. The van der Waals surface area contributed by atoms with Gasteiger partial charge in [0.25, 0.3) is 5.69 Å². The van der Waals surface area contributed by atoms with Crippen LogP contribution in [0.2, 0.25) is 0 Å². The van der Waals surface area contributed by atoms with Crippen molar-refractivity contribution in [3.63, 3.8) is 0 Å². The normalized spacial score (nSPS) is 12.2. The van der Waals surface area contributed by atoms with Gasteiger partial charge < -0.3 is 14.8 Å². The summed E-state index contributed by atoms with van der Waals surface area (Å²) in [6, 6.07) is 4.84. The standard InChI is InChI=1S/C14H22N2O4/c1-4-5-12(10-19-2)15-9-11-8-13(16(17)18)6-7-14(11)20-3/h6-8,12,15H,4-5,9-10H2,1-3H3. The van der Waals surface area contributed by atoms with Crippen LogP contribution in [0.5, 0.6) is 5.75 Å². The second kappa shape index (κ2) is 8.50. The minimum absolute atomic E-state index is 0.0707. The van der Waals surface area contributed by atoms with Crippen molar-refractivity contribution in [3.8, 4) is 5.75 Å². The number of nitro groups is 1. The molecule has 0 aromatic heterocycles. The van der Waals surface area contributed by atoms with E-state index in [0.717, 1.165) is 18.4 Å². The Hall–Kier alpha value is -1.66. The zero-order valence-electron chi connectivity index (χ0n) is 12.2. The number of rotatable bonds is 9. The summed E-state index contributed by atoms with van der Waals surface area (Å²) < 4.78 is 10.4. The van der Waals surface area contributed by atoms with Gasteiger partial charge in [0, 0.05) is 37.4 Å². The monoisotopic (exact) mass is 282 g/mol. The molecule has 20 heavy (non-hydrogen) atoms. The summed E-state index contributed by atoms with van der Waals surface area (Å²) in [5.41, 5.74) is 0.847. The van der Waals surface area contributed by atoms with Gasteiger partial charge in [0.15, 0.2) is 0 Å². The highest BCUT2D eigenvalue weighted by Crippen LogP contribution is 2.24. The molecule has 0 bridgehead atoms. The van der Waals surface area contributed by atoms with Crippen molar-refractivity contribution >= 4 is 5.69 Å². The van der Waals surface area contributed by atoms with Crippen LogP contribution in [0.15, 0.2) is 18.2 Å². The van der Waals surface area contributed by atoms with Gasteiger partial charge in [0.05, 0.1) is 18.6 Å². The fraction of sp³-hybridized carbons (Fsp3) is 0.571. The Morgan fingerprint density at radius 3 is 2.70 bits per heavy atom. The average molecular weight is 282 g/mol. The molecule has 0 saturated carbocycles.